The van der Waals surface area contributed by atoms with Crippen LogP contribution in [0.25, 0.3) is 11.1 Å². The summed E-state index contributed by atoms with van der Waals surface area (Å²) in [4.78, 5) is 14.9. The summed E-state index contributed by atoms with van der Waals surface area (Å²) in [6.07, 6.45) is 3.45. The lowest BCUT2D eigenvalue weighted by Crippen LogP contribution is -2.44. The normalized spacial score (nSPS) is 15.5. The highest BCUT2D eigenvalue weighted by atomic mass is 19.1. The number of hydrogen-bond donors (Lipinski definition) is 3. The average Bonchev–Trinajstić information content (AvgIpc) is 2.95. The average molecular weight is 528 g/mol. The van der Waals surface area contributed by atoms with Gasteiger partial charge >= 0.3 is 0 Å². The van der Waals surface area contributed by atoms with Crippen molar-refractivity contribution in [2.24, 2.45) is 5.10 Å². The molecule has 0 spiro atoms. The van der Waals surface area contributed by atoms with Crippen LogP contribution in [0.15, 0.2) is 72.0 Å². The van der Waals surface area contributed by atoms with Crippen molar-refractivity contribution in [1.82, 2.24) is 15.0 Å². The van der Waals surface area contributed by atoms with Crippen LogP contribution in [0, 0.1) is 5.82 Å². The van der Waals surface area contributed by atoms with Crippen LogP contribution in [0.2, 0.25) is 0 Å². The molecule has 1 aliphatic heterocycles. The van der Waals surface area contributed by atoms with Gasteiger partial charge < -0.3 is 20.1 Å². The number of hydrazone groups is 1. The minimum Gasteiger partial charge on any atom is -0.508 e. The maximum atomic E-state index is 14.4. The van der Waals surface area contributed by atoms with Gasteiger partial charge in [-0.2, -0.15) is 10.1 Å². The quantitative estimate of drug-likeness (QED) is 0.208. The number of nitrogens with zero attached hydrogens (tertiary/aromatic N) is 5. The third-order valence-corrected chi connectivity index (χ3v) is 6.40. The molecule has 10 heteroatoms. The molecule has 4 aromatic rings. The molecule has 0 bridgehead atoms. The van der Waals surface area contributed by atoms with Gasteiger partial charge in [-0.15, -0.1) is 0 Å². The number of pyridine rings is 1. The number of phenolic OH excluding ortho intramolecular Hbond substituents is 1. The summed E-state index contributed by atoms with van der Waals surface area (Å²) in [7, 11) is 0. The lowest BCUT2D eigenvalue weighted by atomic mass is 10.1. The van der Waals surface area contributed by atoms with Crippen molar-refractivity contribution in [3.63, 3.8) is 0 Å². The van der Waals surface area contributed by atoms with Gasteiger partial charge in [0, 0.05) is 12.2 Å². The largest absolute Gasteiger partial charge is 0.508 e. The highest BCUT2D eigenvalue weighted by molar-refractivity contribution is 5.79. The number of benzene rings is 2. The Hall–Kier alpha value is -4.57. The van der Waals surface area contributed by atoms with Crippen LogP contribution >= 0.6 is 0 Å². The second kappa shape index (κ2) is 11.9. The van der Waals surface area contributed by atoms with Crippen LogP contribution in [-0.4, -0.2) is 52.1 Å². The lowest BCUT2D eigenvalue weighted by molar-refractivity contribution is 0.0981. The van der Waals surface area contributed by atoms with Gasteiger partial charge in [0.15, 0.2) is 11.6 Å². The van der Waals surface area contributed by atoms with E-state index in [1.54, 1.807) is 18.3 Å². The van der Waals surface area contributed by atoms with Gasteiger partial charge in [0.1, 0.15) is 5.75 Å². The first-order valence-corrected chi connectivity index (χ1v) is 12.8. The molecule has 39 heavy (non-hydrogen) atoms. The maximum absolute atomic E-state index is 14.4. The van der Waals surface area contributed by atoms with E-state index in [-0.39, 0.29) is 23.6 Å². The van der Waals surface area contributed by atoms with Gasteiger partial charge in [-0.1, -0.05) is 31.2 Å². The molecule has 5 rings (SSSR count). The Morgan fingerprint density at radius 1 is 1.13 bits per heavy atom. The van der Waals surface area contributed by atoms with Gasteiger partial charge in [-0.25, -0.2) is 19.8 Å². The Morgan fingerprint density at radius 2 is 1.97 bits per heavy atom. The zero-order valence-corrected chi connectivity index (χ0v) is 21.8. The summed E-state index contributed by atoms with van der Waals surface area (Å²) in [6, 6.07) is 19.0. The number of phenols is 1. The van der Waals surface area contributed by atoms with Crippen LogP contribution in [0.4, 0.5) is 27.5 Å². The summed E-state index contributed by atoms with van der Waals surface area (Å²) >= 11 is 0. The number of rotatable bonds is 8. The predicted molar refractivity (Wildman–Crippen MR) is 151 cm³/mol. The number of ether oxygens (including phenoxy) is 1. The number of nitrogens with one attached hydrogen (secondary N) is 2. The number of aromatic nitrogens is 3. The third-order valence-electron chi connectivity index (χ3n) is 6.40. The van der Waals surface area contributed by atoms with Crippen molar-refractivity contribution < 1.29 is 14.2 Å². The maximum Gasteiger partial charge on any atom is 0.245 e. The zero-order valence-electron chi connectivity index (χ0n) is 21.8. The van der Waals surface area contributed by atoms with Gasteiger partial charge in [-0.05, 0) is 60.9 Å². The van der Waals surface area contributed by atoms with E-state index in [9.17, 15) is 9.50 Å². The first-order valence-electron chi connectivity index (χ1n) is 12.8. The highest BCUT2D eigenvalue weighted by Gasteiger charge is 2.23. The molecule has 1 unspecified atom stereocenters. The van der Waals surface area contributed by atoms with E-state index >= 15 is 0 Å². The molecule has 0 radical (unpaired) electrons. The van der Waals surface area contributed by atoms with Crippen molar-refractivity contribution in [1.29, 1.82) is 0 Å². The van der Waals surface area contributed by atoms with Crippen molar-refractivity contribution in [2.75, 3.05) is 35.4 Å². The minimum absolute atomic E-state index is 0.0135. The van der Waals surface area contributed by atoms with Crippen molar-refractivity contribution in [3.8, 4) is 16.9 Å². The molecule has 0 amide bonds. The van der Waals surface area contributed by atoms with Crippen LogP contribution in [0.1, 0.15) is 25.2 Å². The summed E-state index contributed by atoms with van der Waals surface area (Å²) in [5, 5.41) is 17.4. The number of aromatic hydroxyl groups is 1. The summed E-state index contributed by atoms with van der Waals surface area (Å²) in [5.74, 6) is 0.189. The minimum atomic E-state index is -0.482. The fraction of sp³-hybridized carbons (Fsp3) is 0.241. The molecular formula is C29H30FN7O2. The Bertz CT molecular complexity index is 1460. The van der Waals surface area contributed by atoms with E-state index < -0.39 is 5.82 Å². The Kier molecular flexibility index (Phi) is 7.93. The molecule has 2 aromatic carbocycles. The zero-order chi connectivity index (χ0) is 27.2. The third kappa shape index (κ3) is 6.29. The van der Waals surface area contributed by atoms with E-state index in [4.69, 9.17) is 9.72 Å². The van der Waals surface area contributed by atoms with E-state index in [1.165, 1.54) is 0 Å². The smallest absolute Gasteiger partial charge is 0.245 e. The molecule has 3 N–H and O–H groups in total. The highest BCUT2D eigenvalue weighted by Crippen LogP contribution is 2.27. The van der Waals surface area contributed by atoms with Gasteiger partial charge in [0.05, 0.1) is 48.7 Å². The van der Waals surface area contributed by atoms with Crippen molar-refractivity contribution in [2.45, 2.75) is 26.3 Å². The molecule has 0 saturated carbocycles. The van der Waals surface area contributed by atoms with Crippen molar-refractivity contribution in [3.05, 3.63) is 84.1 Å². The SMILES string of the molecule is CCc1nc(/C=N/Nc2ncc(F)c(N3CCOCC3C)n2)ccc1Nc1ccc(-c2cccc(O)c2)cc1. The van der Waals surface area contributed by atoms with E-state index in [1.807, 2.05) is 67.3 Å². The predicted octanol–water partition coefficient (Wildman–Crippen LogP) is 5.36. The standard InChI is InChI=1S/C29H30FN7O2/c1-3-26-27(33-22-9-7-20(8-10-22)21-5-4-6-24(38)15-21)12-11-23(34-26)16-32-36-29-31-17-25(30)28(35-29)37-13-14-39-18-19(37)2/h4-12,15-17,19,33,38H,3,13-14,18H2,1-2H3,(H,31,35,36)/b32-16+. The summed E-state index contributed by atoms with van der Waals surface area (Å²) in [6.45, 7) is 5.61. The number of halogens is 1. The Morgan fingerprint density at radius 3 is 2.74 bits per heavy atom. The molecule has 3 heterocycles. The summed E-state index contributed by atoms with van der Waals surface area (Å²) < 4.78 is 19.8. The van der Waals surface area contributed by atoms with Crippen LogP contribution in [-0.2, 0) is 11.2 Å². The molecule has 200 valence electrons. The number of aryl methyl sites for hydroxylation is 1. The topological polar surface area (TPSA) is 108 Å². The number of hydrogen-bond acceptors (Lipinski definition) is 9. The first kappa shape index (κ1) is 26.1. The van der Waals surface area contributed by atoms with E-state index in [2.05, 4.69) is 25.8 Å². The van der Waals surface area contributed by atoms with Crippen LogP contribution < -0.4 is 15.6 Å². The molecular weight excluding hydrogens is 497 g/mol. The second-order valence-corrected chi connectivity index (χ2v) is 9.19. The summed E-state index contributed by atoms with van der Waals surface area (Å²) in [5.41, 5.74) is 8.12. The van der Waals surface area contributed by atoms with Gasteiger partial charge in [0.25, 0.3) is 0 Å². The fourth-order valence-electron chi connectivity index (χ4n) is 4.37. The first-order chi connectivity index (χ1) is 19.0. The van der Waals surface area contributed by atoms with E-state index in [0.717, 1.165) is 40.8 Å². The van der Waals surface area contributed by atoms with Crippen molar-refractivity contribution >= 4 is 29.4 Å². The Labute approximate surface area is 226 Å². The lowest BCUT2D eigenvalue weighted by Gasteiger charge is -2.34. The second-order valence-electron chi connectivity index (χ2n) is 9.19. The fourth-order valence-corrected chi connectivity index (χ4v) is 4.37. The molecule has 9 nitrogen and oxygen atoms in total. The monoisotopic (exact) mass is 527 g/mol. The molecule has 1 saturated heterocycles. The van der Waals surface area contributed by atoms with Crippen LogP contribution in [0.3, 0.4) is 0 Å². The number of morpholine rings is 1. The van der Waals surface area contributed by atoms with Gasteiger partial charge in [-0.3, -0.25) is 0 Å². The molecule has 1 fully saturated rings. The number of anilines is 4. The molecule has 2 aromatic heterocycles. The molecule has 1 atom stereocenters. The molecule has 0 aliphatic carbocycles. The van der Waals surface area contributed by atoms with Crippen LogP contribution in [0.5, 0.6) is 5.75 Å². The van der Waals surface area contributed by atoms with E-state index in [0.29, 0.717) is 25.5 Å². The molecule has 1 aliphatic rings. The Balaban J connectivity index is 1.25. The van der Waals surface area contributed by atoms with Gasteiger partial charge in [0.2, 0.25) is 5.95 Å².